The number of ketones is 1. The summed E-state index contributed by atoms with van der Waals surface area (Å²) in [6, 6.07) is 7.80. The summed E-state index contributed by atoms with van der Waals surface area (Å²) in [4.78, 5) is 28.9. The number of Topliss-reactive ketones (excluding diaryl/α,β-unsaturated/α-hetero) is 1. The lowest BCUT2D eigenvalue weighted by Gasteiger charge is -2.07. The highest BCUT2D eigenvalue weighted by atomic mass is 79.9. The molecule has 0 aliphatic rings. The van der Waals surface area contributed by atoms with Gasteiger partial charge in [-0.1, -0.05) is 28.1 Å². The molecule has 2 heterocycles. The van der Waals surface area contributed by atoms with Gasteiger partial charge in [-0.25, -0.2) is 18.6 Å². The number of aryl methyl sites for hydroxylation is 1. The van der Waals surface area contributed by atoms with E-state index >= 15 is 0 Å². The average Bonchev–Trinajstić information content (AvgIpc) is 3.30. The maximum atomic E-state index is 14.4. The molecule has 0 aliphatic heterocycles. The zero-order valence-corrected chi connectivity index (χ0v) is 17.7. The summed E-state index contributed by atoms with van der Waals surface area (Å²) < 4.78 is 34.6. The van der Waals surface area contributed by atoms with Gasteiger partial charge in [-0.2, -0.15) is 0 Å². The van der Waals surface area contributed by atoms with Crippen molar-refractivity contribution in [3.63, 3.8) is 0 Å². The summed E-state index contributed by atoms with van der Waals surface area (Å²) in [5.74, 6) is -4.17. The van der Waals surface area contributed by atoms with Gasteiger partial charge < -0.3 is 9.52 Å². The van der Waals surface area contributed by atoms with E-state index in [2.05, 4.69) is 20.9 Å². The van der Waals surface area contributed by atoms with Gasteiger partial charge >= 0.3 is 5.97 Å². The van der Waals surface area contributed by atoms with Gasteiger partial charge in [0.25, 0.3) is 5.89 Å². The molecule has 2 aromatic heterocycles. The first kappa shape index (κ1) is 20.4. The van der Waals surface area contributed by atoms with Crippen LogP contribution in [0.3, 0.4) is 0 Å². The molecule has 0 amide bonds. The molecule has 0 radical (unpaired) electrons. The minimum absolute atomic E-state index is 0.0215. The number of fused-ring (bicyclic) bond motifs is 1. The number of rotatable bonds is 5. The molecule has 0 spiro atoms. The lowest BCUT2D eigenvalue weighted by molar-refractivity contribution is 0.0697. The Hall–Kier alpha value is -2.91. The third-order valence-corrected chi connectivity index (χ3v) is 6.04. The zero-order chi connectivity index (χ0) is 21.6. The second kappa shape index (κ2) is 7.73. The molecule has 0 bridgehead atoms. The summed E-state index contributed by atoms with van der Waals surface area (Å²) in [7, 11) is 0. The fourth-order valence-electron chi connectivity index (χ4n) is 3.05. The SMILES string of the molecule is Cc1ccc(-c2csc(CC(=O)c3nc4ccc(Br)cc4o3)c2C(=O)O)c(F)c1F. The predicted octanol–water partition coefficient (Wildman–Crippen LogP) is 6.03. The van der Waals surface area contributed by atoms with Crippen LogP contribution in [0.4, 0.5) is 8.78 Å². The largest absolute Gasteiger partial charge is 0.478 e. The third-order valence-electron chi connectivity index (χ3n) is 4.56. The van der Waals surface area contributed by atoms with E-state index in [1.807, 2.05) is 0 Å². The van der Waals surface area contributed by atoms with Crippen LogP contribution in [0.5, 0.6) is 0 Å². The van der Waals surface area contributed by atoms with E-state index < -0.39 is 23.4 Å². The van der Waals surface area contributed by atoms with Crippen LogP contribution in [0.1, 0.15) is 31.5 Å². The van der Waals surface area contributed by atoms with Crippen molar-refractivity contribution in [2.24, 2.45) is 0 Å². The predicted molar refractivity (Wildman–Crippen MR) is 111 cm³/mol. The minimum Gasteiger partial charge on any atom is -0.478 e. The first-order valence-electron chi connectivity index (χ1n) is 8.64. The average molecular weight is 492 g/mol. The summed E-state index contributed by atoms with van der Waals surface area (Å²) in [6.07, 6.45) is -0.295. The topological polar surface area (TPSA) is 80.4 Å². The van der Waals surface area contributed by atoms with Crippen molar-refractivity contribution in [1.82, 2.24) is 4.98 Å². The number of aromatic carboxylic acids is 1. The highest BCUT2D eigenvalue weighted by Gasteiger charge is 2.26. The van der Waals surface area contributed by atoms with E-state index in [0.29, 0.717) is 11.1 Å². The Kier molecular flexibility index (Phi) is 5.25. The molecule has 0 aliphatic carbocycles. The molecule has 0 unspecified atom stereocenters. The van der Waals surface area contributed by atoms with Gasteiger partial charge in [0, 0.05) is 20.5 Å². The third kappa shape index (κ3) is 3.54. The molecule has 1 N–H and O–H groups in total. The fraction of sp³-hybridized carbons (Fsp3) is 0.0952. The molecule has 0 saturated carbocycles. The number of nitrogens with zero attached hydrogens (tertiary/aromatic N) is 1. The van der Waals surface area contributed by atoms with Crippen LogP contribution in [0.15, 0.2) is 44.6 Å². The van der Waals surface area contributed by atoms with E-state index in [-0.39, 0.29) is 39.4 Å². The molecule has 4 rings (SSSR count). The number of oxazole rings is 1. The van der Waals surface area contributed by atoms with Crippen molar-refractivity contribution >= 4 is 50.1 Å². The Morgan fingerprint density at radius 3 is 2.67 bits per heavy atom. The van der Waals surface area contributed by atoms with Crippen LogP contribution < -0.4 is 0 Å². The number of halogens is 3. The van der Waals surface area contributed by atoms with Gasteiger partial charge in [0.1, 0.15) is 5.52 Å². The number of benzene rings is 2. The molecule has 152 valence electrons. The first-order chi connectivity index (χ1) is 14.3. The molecule has 4 aromatic rings. The van der Waals surface area contributed by atoms with Gasteiger partial charge in [-0.15, -0.1) is 11.3 Å². The Balaban J connectivity index is 1.72. The highest BCUT2D eigenvalue weighted by Crippen LogP contribution is 2.35. The van der Waals surface area contributed by atoms with Gasteiger partial charge in [0.15, 0.2) is 17.2 Å². The van der Waals surface area contributed by atoms with Crippen LogP contribution in [0.2, 0.25) is 0 Å². The summed E-state index contributed by atoms with van der Waals surface area (Å²) in [5, 5.41) is 11.1. The standard InChI is InChI=1S/C21H12BrF2NO4S/c1-9-2-4-11(19(24)18(9)23)12-8-30-16(17(12)21(27)28)7-14(26)20-25-13-5-3-10(22)6-15(13)29-20/h2-6,8H,7H2,1H3,(H,27,28). The highest BCUT2D eigenvalue weighted by molar-refractivity contribution is 9.10. The van der Waals surface area contributed by atoms with Crippen molar-refractivity contribution in [2.75, 3.05) is 0 Å². The Bertz CT molecular complexity index is 1330. The van der Waals surface area contributed by atoms with Crippen molar-refractivity contribution < 1.29 is 27.9 Å². The van der Waals surface area contributed by atoms with E-state index in [1.54, 1.807) is 18.2 Å². The van der Waals surface area contributed by atoms with Crippen molar-refractivity contribution in [1.29, 1.82) is 0 Å². The van der Waals surface area contributed by atoms with Crippen LogP contribution in [-0.4, -0.2) is 21.8 Å². The van der Waals surface area contributed by atoms with Crippen LogP contribution in [-0.2, 0) is 6.42 Å². The molecule has 0 fully saturated rings. The maximum Gasteiger partial charge on any atom is 0.337 e. The fourth-order valence-corrected chi connectivity index (χ4v) is 4.43. The number of hydrogen-bond acceptors (Lipinski definition) is 5. The van der Waals surface area contributed by atoms with Crippen LogP contribution in [0.25, 0.3) is 22.2 Å². The number of carbonyl (C=O) groups excluding carboxylic acids is 1. The lowest BCUT2D eigenvalue weighted by atomic mass is 9.99. The first-order valence-corrected chi connectivity index (χ1v) is 10.3. The zero-order valence-electron chi connectivity index (χ0n) is 15.3. The monoisotopic (exact) mass is 491 g/mol. The number of thiophene rings is 1. The van der Waals surface area contributed by atoms with Crippen molar-refractivity contribution in [3.8, 4) is 11.1 Å². The number of carboxylic acid groups (broad SMARTS) is 1. The number of carboxylic acids is 1. The molecule has 0 saturated heterocycles. The smallest absolute Gasteiger partial charge is 0.337 e. The van der Waals surface area contributed by atoms with Crippen molar-refractivity contribution in [2.45, 2.75) is 13.3 Å². The molecule has 5 nitrogen and oxygen atoms in total. The summed E-state index contributed by atoms with van der Waals surface area (Å²) >= 11 is 4.29. The maximum absolute atomic E-state index is 14.4. The number of aromatic nitrogens is 1. The van der Waals surface area contributed by atoms with Gasteiger partial charge in [0.2, 0.25) is 5.78 Å². The van der Waals surface area contributed by atoms with Crippen LogP contribution in [0, 0.1) is 18.6 Å². The van der Waals surface area contributed by atoms with E-state index in [1.165, 1.54) is 24.4 Å². The Morgan fingerprint density at radius 1 is 1.17 bits per heavy atom. The second-order valence-electron chi connectivity index (χ2n) is 6.54. The van der Waals surface area contributed by atoms with E-state index in [4.69, 9.17) is 4.42 Å². The Morgan fingerprint density at radius 2 is 1.93 bits per heavy atom. The normalized spacial score (nSPS) is 11.2. The molecule has 2 aromatic carbocycles. The van der Waals surface area contributed by atoms with Crippen LogP contribution >= 0.6 is 27.3 Å². The van der Waals surface area contributed by atoms with E-state index in [9.17, 15) is 23.5 Å². The van der Waals surface area contributed by atoms with Gasteiger partial charge in [-0.3, -0.25) is 4.79 Å². The molecule has 9 heteroatoms. The van der Waals surface area contributed by atoms with Gasteiger partial charge in [0.05, 0.1) is 12.0 Å². The quantitative estimate of drug-likeness (QED) is 0.344. The second-order valence-corrected chi connectivity index (χ2v) is 8.42. The number of hydrogen-bond donors (Lipinski definition) is 1. The molecular formula is C21H12BrF2NO4S. The molecular weight excluding hydrogens is 480 g/mol. The van der Waals surface area contributed by atoms with E-state index in [0.717, 1.165) is 15.8 Å². The lowest BCUT2D eigenvalue weighted by Crippen LogP contribution is -2.08. The summed E-state index contributed by atoms with van der Waals surface area (Å²) in [5.41, 5.74) is 0.625. The molecule has 0 atom stereocenters. The van der Waals surface area contributed by atoms with Gasteiger partial charge in [-0.05, 0) is 36.1 Å². The summed E-state index contributed by atoms with van der Waals surface area (Å²) in [6.45, 7) is 1.41. The Labute approximate surface area is 181 Å². The van der Waals surface area contributed by atoms with Crippen molar-refractivity contribution in [3.05, 3.63) is 73.7 Å². The minimum atomic E-state index is -1.34. The molecule has 30 heavy (non-hydrogen) atoms. The number of carbonyl (C=O) groups is 2.